The Kier molecular flexibility index (Phi) is 6.11. The lowest BCUT2D eigenvalue weighted by Gasteiger charge is -2.36. The van der Waals surface area contributed by atoms with Crippen LogP contribution in [0.2, 0.25) is 0 Å². The second-order valence-corrected chi connectivity index (χ2v) is 8.80. The summed E-state index contributed by atoms with van der Waals surface area (Å²) in [6.45, 7) is 5.99. The van der Waals surface area contributed by atoms with Gasteiger partial charge < -0.3 is 15.0 Å². The van der Waals surface area contributed by atoms with E-state index in [0.717, 1.165) is 42.1 Å². The van der Waals surface area contributed by atoms with Gasteiger partial charge in [0.15, 0.2) is 0 Å². The molecule has 1 aliphatic rings. The van der Waals surface area contributed by atoms with E-state index in [0.29, 0.717) is 6.42 Å². The zero-order valence-electron chi connectivity index (χ0n) is 16.9. The number of carbonyl (C=O) groups excluding carboxylic acids is 1. The van der Waals surface area contributed by atoms with E-state index in [1.54, 1.807) is 11.3 Å². The number of fused-ring (bicyclic) bond motifs is 1. The van der Waals surface area contributed by atoms with Crippen molar-refractivity contribution in [2.45, 2.75) is 45.3 Å². The van der Waals surface area contributed by atoms with E-state index in [9.17, 15) is 4.79 Å². The molecule has 1 fully saturated rings. The topological polar surface area (TPSA) is 54.5 Å². The number of aromatic nitrogens is 1. The number of carbonyl (C=O) groups is 1. The van der Waals surface area contributed by atoms with Crippen molar-refractivity contribution in [3.05, 3.63) is 53.5 Å². The number of morpholine rings is 1. The maximum atomic E-state index is 12.3. The average Bonchev–Trinajstić information content (AvgIpc) is 3.10. The van der Waals surface area contributed by atoms with Crippen molar-refractivity contribution in [1.29, 1.82) is 0 Å². The van der Waals surface area contributed by atoms with Gasteiger partial charge in [-0.1, -0.05) is 12.1 Å². The first-order chi connectivity index (χ1) is 14.1. The number of amides is 1. The number of nitrogens with zero attached hydrogens (tertiary/aromatic N) is 2. The second-order valence-electron chi connectivity index (χ2n) is 7.69. The third-order valence-electron chi connectivity index (χ3n) is 5.07. The maximum Gasteiger partial charge on any atom is 0.224 e. The SMILES string of the molecule is CC1CN(c2ccc(NC(=O)CCCc3nc4ccccc4s3)cc2)CC(C)O1. The molecule has 0 bridgehead atoms. The van der Waals surface area contributed by atoms with Crippen molar-refractivity contribution in [2.75, 3.05) is 23.3 Å². The normalized spacial score (nSPS) is 19.4. The molecule has 2 aromatic carbocycles. The molecule has 29 heavy (non-hydrogen) atoms. The summed E-state index contributed by atoms with van der Waals surface area (Å²) >= 11 is 1.71. The first kappa shape index (κ1) is 19.9. The molecule has 0 aliphatic carbocycles. The van der Waals surface area contributed by atoms with Crippen LogP contribution in [0.3, 0.4) is 0 Å². The minimum atomic E-state index is 0.0486. The number of anilines is 2. The lowest BCUT2D eigenvalue weighted by Crippen LogP contribution is -2.45. The summed E-state index contributed by atoms with van der Waals surface area (Å²) in [4.78, 5) is 19.3. The minimum Gasteiger partial charge on any atom is -0.372 e. The molecule has 4 rings (SSSR count). The van der Waals surface area contributed by atoms with E-state index in [1.807, 2.05) is 30.3 Å². The molecule has 2 unspecified atom stereocenters. The van der Waals surface area contributed by atoms with Crippen LogP contribution >= 0.6 is 11.3 Å². The highest BCUT2D eigenvalue weighted by Crippen LogP contribution is 2.24. The molecule has 1 amide bonds. The van der Waals surface area contributed by atoms with E-state index in [-0.39, 0.29) is 18.1 Å². The van der Waals surface area contributed by atoms with Crippen LogP contribution in [0.1, 0.15) is 31.7 Å². The molecule has 2 heterocycles. The van der Waals surface area contributed by atoms with Crippen molar-refractivity contribution >= 4 is 38.8 Å². The Morgan fingerprint density at radius 2 is 1.86 bits per heavy atom. The van der Waals surface area contributed by atoms with Crippen LogP contribution in [-0.4, -0.2) is 36.2 Å². The van der Waals surface area contributed by atoms with Crippen molar-refractivity contribution in [3.63, 3.8) is 0 Å². The Hall–Kier alpha value is -2.44. The molecular formula is C23H27N3O2S. The van der Waals surface area contributed by atoms with Gasteiger partial charge in [-0.15, -0.1) is 11.3 Å². The maximum absolute atomic E-state index is 12.3. The summed E-state index contributed by atoms with van der Waals surface area (Å²) < 4.78 is 7.00. The number of aryl methyl sites for hydroxylation is 1. The van der Waals surface area contributed by atoms with E-state index in [1.165, 1.54) is 10.4 Å². The number of para-hydroxylation sites is 1. The number of hydrogen-bond donors (Lipinski definition) is 1. The predicted octanol–water partition coefficient (Wildman–Crippen LogP) is 4.87. The molecule has 2 atom stereocenters. The van der Waals surface area contributed by atoms with Gasteiger partial charge in [-0.2, -0.15) is 0 Å². The highest BCUT2D eigenvalue weighted by molar-refractivity contribution is 7.18. The van der Waals surface area contributed by atoms with Crippen LogP contribution in [0.5, 0.6) is 0 Å². The highest BCUT2D eigenvalue weighted by atomic mass is 32.1. The number of thiazole rings is 1. The average molecular weight is 410 g/mol. The Bertz CT molecular complexity index is 927. The van der Waals surface area contributed by atoms with Gasteiger partial charge in [-0.3, -0.25) is 4.79 Å². The van der Waals surface area contributed by atoms with Crippen LogP contribution < -0.4 is 10.2 Å². The van der Waals surface area contributed by atoms with Crippen molar-refractivity contribution in [3.8, 4) is 0 Å². The van der Waals surface area contributed by atoms with Gasteiger partial charge in [0.05, 0.1) is 27.4 Å². The summed E-state index contributed by atoms with van der Waals surface area (Å²) in [7, 11) is 0. The van der Waals surface area contributed by atoms with Crippen LogP contribution in [0.25, 0.3) is 10.2 Å². The third-order valence-corrected chi connectivity index (χ3v) is 6.16. The molecule has 152 valence electrons. The molecule has 1 aliphatic heterocycles. The first-order valence-electron chi connectivity index (χ1n) is 10.2. The summed E-state index contributed by atoms with van der Waals surface area (Å²) in [5, 5.41) is 4.10. The van der Waals surface area contributed by atoms with E-state index < -0.39 is 0 Å². The van der Waals surface area contributed by atoms with Gasteiger partial charge in [-0.05, 0) is 63.1 Å². The standard InChI is InChI=1S/C23H27N3O2S/c1-16-14-26(15-17(2)28-16)19-12-10-18(11-13-19)24-22(27)8-5-9-23-25-20-6-3-4-7-21(20)29-23/h3-4,6-7,10-13,16-17H,5,8-9,14-15H2,1-2H3,(H,24,27). The van der Waals surface area contributed by atoms with Crippen LogP contribution in [0.15, 0.2) is 48.5 Å². The van der Waals surface area contributed by atoms with Crippen molar-refractivity contribution < 1.29 is 9.53 Å². The van der Waals surface area contributed by atoms with Gasteiger partial charge in [0, 0.05) is 30.9 Å². The summed E-state index contributed by atoms with van der Waals surface area (Å²) in [6, 6.07) is 16.3. The van der Waals surface area contributed by atoms with Crippen molar-refractivity contribution in [2.24, 2.45) is 0 Å². The van der Waals surface area contributed by atoms with E-state index in [2.05, 4.69) is 47.2 Å². The Balaban J connectivity index is 1.26. The monoisotopic (exact) mass is 409 g/mol. The van der Waals surface area contributed by atoms with Crippen LogP contribution in [0, 0.1) is 0 Å². The second kappa shape index (κ2) is 8.93. The predicted molar refractivity (Wildman–Crippen MR) is 120 cm³/mol. The zero-order valence-corrected chi connectivity index (χ0v) is 17.7. The molecule has 3 aromatic rings. The van der Waals surface area contributed by atoms with Gasteiger partial charge in [0.25, 0.3) is 0 Å². The quantitative estimate of drug-likeness (QED) is 0.631. The molecule has 1 saturated heterocycles. The van der Waals surface area contributed by atoms with Gasteiger partial charge >= 0.3 is 0 Å². The fourth-order valence-electron chi connectivity index (χ4n) is 3.79. The Labute approximate surface area is 175 Å². The van der Waals surface area contributed by atoms with Gasteiger partial charge in [-0.25, -0.2) is 4.98 Å². The number of hydrogen-bond acceptors (Lipinski definition) is 5. The van der Waals surface area contributed by atoms with Crippen LogP contribution in [0.4, 0.5) is 11.4 Å². The molecule has 1 N–H and O–H groups in total. The number of benzene rings is 2. The minimum absolute atomic E-state index is 0.0486. The van der Waals surface area contributed by atoms with E-state index in [4.69, 9.17) is 4.74 Å². The van der Waals surface area contributed by atoms with Crippen molar-refractivity contribution in [1.82, 2.24) is 4.98 Å². The molecule has 6 heteroatoms. The summed E-state index contributed by atoms with van der Waals surface area (Å²) in [5.74, 6) is 0.0486. The molecule has 0 spiro atoms. The highest BCUT2D eigenvalue weighted by Gasteiger charge is 2.22. The summed E-state index contributed by atoms with van der Waals surface area (Å²) in [6.07, 6.45) is 2.59. The van der Waals surface area contributed by atoms with Gasteiger partial charge in [0.2, 0.25) is 5.91 Å². The lowest BCUT2D eigenvalue weighted by molar-refractivity contribution is -0.116. The smallest absolute Gasteiger partial charge is 0.224 e. The third kappa shape index (κ3) is 5.14. The molecule has 1 aromatic heterocycles. The fraction of sp³-hybridized carbons (Fsp3) is 0.391. The fourth-order valence-corrected chi connectivity index (χ4v) is 4.80. The Morgan fingerprint density at radius 3 is 2.59 bits per heavy atom. The molecular weight excluding hydrogens is 382 g/mol. The largest absolute Gasteiger partial charge is 0.372 e. The molecule has 5 nitrogen and oxygen atoms in total. The number of nitrogens with one attached hydrogen (secondary N) is 1. The lowest BCUT2D eigenvalue weighted by atomic mass is 10.2. The first-order valence-corrected chi connectivity index (χ1v) is 11.0. The van der Waals surface area contributed by atoms with E-state index >= 15 is 0 Å². The molecule has 0 saturated carbocycles. The van der Waals surface area contributed by atoms with Crippen LogP contribution in [-0.2, 0) is 16.0 Å². The summed E-state index contributed by atoms with van der Waals surface area (Å²) in [5.41, 5.74) is 3.05. The Morgan fingerprint density at radius 1 is 1.14 bits per heavy atom. The number of rotatable bonds is 6. The zero-order chi connectivity index (χ0) is 20.2. The van der Waals surface area contributed by atoms with Gasteiger partial charge in [0.1, 0.15) is 0 Å². The number of ether oxygens (including phenoxy) is 1. The molecule has 0 radical (unpaired) electrons.